The van der Waals surface area contributed by atoms with E-state index in [4.69, 9.17) is 25.8 Å². The van der Waals surface area contributed by atoms with Gasteiger partial charge in [0.15, 0.2) is 18.1 Å². The van der Waals surface area contributed by atoms with Gasteiger partial charge in [-0.05, 0) is 67.1 Å². The molecule has 0 aliphatic carbocycles. The highest BCUT2D eigenvalue weighted by Crippen LogP contribution is 2.28. The Bertz CT molecular complexity index is 1230. The van der Waals surface area contributed by atoms with Gasteiger partial charge in [-0.1, -0.05) is 34.5 Å². The van der Waals surface area contributed by atoms with Gasteiger partial charge in [-0.2, -0.15) is 5.10 Å². The minimum Gasteiger partial charge on any atom is -0.493 e. The van der Waals surface area contributed by atoms with Crippen LogP contribution in [0.25, 0.3) is 0 Å². The van der Waals surface area contributed by atoms with Crippen LogP contribution in [0.5, 0.6) is 17.2 Å². The van der Waals surface area contributed by atoms with Crippen LogP contribution in [0.2, 0.25) is 5.02 Å². The third-order valence-corrected chi connectivity index (χ3v) is 5.46. The van der Waals surface area contributed by atoms with Crippen molar-refractivity contribution in [1.29, 1.82) is 0 Å². The van der Waals surface area contributed by atoms with Crippen LogP contribution in [0.3, 0.4) is 0 Å². The van der Waals surface area contributed by atoms with E-state index in [9.17, 15) is 9.59 Å². The smallest absolute Gasteiger partial charge is 0.271 e. The first-order valence-corrected chi connectivity index (χ1v) is 12.2. The number of methoxy groups -OCH3 is 1. The van der Waals surface area contributed by atoms with Crippen LogP contribution in [0.15, 0.2) is 70.2 Å². The zero-order valence-corrected chi connectivity index (χ0v) is 22.1. The van der Waals surface area contributed by atoms with Gasteiger partial charge in [-0.3, -0.25) is 9.59 Å². The number of nitrogens with zero attached hydrogens (tertiary/aromatic N) is 1. The summed E-state index contributed by atoms with van der Waals surface area (Å²) in [5.74, 6) is 0.680. The summed E-state index contributed by atoms with van der Waals surface area (Å²) in [6.45, 7) is 2.33. The van der Waals surface area contributed by atoms with Crippen molar-refractivity contribution in [3.8, 4) is 17.2 Å². The zero-order valence-electron chi connectivity index (χ0n) is 19.7. The first kappa shape index (κ1) is 27.0. The van der Waals surface area contributed by atoms with Crippen LogP contribution in [-0.4, -0.2) is 38.4 Å². The molecule has 0 fully saturated rings. The van der Waals surface area contributed by atoms with E-state index >= 15 is 0 Å². The Morgan fingerprint density at radius 1 is 1.00 bits per heavy atom. The van der Waals surface area contributed by atoms with Gasteiger partial charge in [0, 0.05) is 26.3 Å². The summed E-state index contributed by atoms with van der Waals surface area (Å²) in [5, 5.41) is 7.35. The molecule has 0 unspecified atom stereocenters. The number of amides is 2. The number of benzene rings is 3. The highest BCUT2D eigenvalue weighted by atomic mass is 79.9. The quantitative estimate of drug-likeness (QED) is 0.227. The maximum Gasteiger partial charge on any atom is 0.271 e. The molecule has 0 aliphatic rings. The van der Waals surface area contributed by atoms with Crippen molar-refractivity contribution in [1.82, 2.24) is 5.43 Å². The molecule has 0 radical (unpaired) electrons. The summed E-state index contributed by atoms with van der Waals surface area (Å²) in [5.41, 5.74) is 4.01. The van der Waals surface area contributed by atoms with Crippen molar-refractivity contribution < 1.29 is 23.8 Å². The van der Waals surface area contributed by atoms with Crippen molar-refractivity contribution in [3.05, 3.63) is 81.3 Å². The first-order chi connectivity index (χ1) is 17.4. The minimum absolute atomic E-state index is 0.219. The van der Waals surface area contributed by atoms with E-state index in [0.717, 1.165) is 10.9 Å². The number of anilines is 1. The van der Waals surface area contributed by atoms with Crippen molar-refractivity contribution in [2.45, 2.75) is 13.3 Å². The number of hydrazone groups is 1. The zero-order chi connectivity index (χ0) is 25.9. The van der Waals surface area contributed by atoms with Gasteiger partial charge >= 0.3 is 0 Å². The van der Waals surface area contributed by atoms with Crippen LogP contribution in [0.1, 0.15) is 29.3 Å². The second-order valence-corrected chi connectivity index (χ2v) is 8.79. The van der Waals surface area contributed by atoms with E-state index in [1.165, 1.54) is 13.3 Å². The standard InChI is InChI=1S/C26H25BrClN3O5/c1-3-12-35-23-10-4-17(14-24(23)34-2)26(33)31-29-15-18-13-19(27)5-11-22(18)36-16-25(32)30-21-8-6-20(28)7-9-21/h4-11,13-15H,3,12,16H2,1-2H3,(H,30,32)(H,31,33)/b29-15+. The highest BCUT2D eigenvalue weighted by molar-refractivity contribution is 9.10. The molecule has 2 N–H and O–H groups in total. The summed E-state index contributed by atoms with van der Waals surface area (Å²) < 4.78 is 17.4. The molecular formula is C26H25BrClN3O5. The third-order valence-electron chi connectivity index (χ3n) is 4.72. The Morgan fingerprint density at radius 3 is 2.47 bits per heavy atom. The fourth-order valence-electron chi connectivity index (χ4n) is 2.99. The first-order valence-electron chi connectivity index (χ1n) is 11.0. The lowest BCUT2D eigenvalue weighted by Crippen LogP contribution is -2.20. The molecule has 8 nitrogen and oxygen atoms in total. The molecule has 2 amide bonds. The van der Waals surface area contributed by atoms with Crippen molar-refractivity contribution in [2.24, 2.45) is 5.10 Å². The molecule has 0 aromatic heterocycles. The maximum atomic E-state index is 12.6. The van der Waals surface area contributed by atoms with Crippen LogP contribution in [0, 0.1) is 0 Å². The Morgan fingerprint density at radius 2 is 1.75 bits per heavy atom. The maximum absolute atomic E-state index is 12.6. The molecule has 0 saturated carbocycles. The summed E-state index contributed by atoms with van der Waals surface area (Å²) in [7, 11) is 1.51. The minimum atomic E-state index is -0.425. The number of rotatable bonds is 11. The van der Waals surface area contributed by atoms with Crippen molar-refractivity contribution in [2.75, 3.05) is 25.6 Å². The van der Waals surface area contributed by atoms with E-state index in [1.54, 1.807) is 60.7 Å². The van der Waals surface area contributed by atoms with Crippen LogP contribution in [0.4, 0.5) is 5.69 Å². The molecular weight excluding hydrogens is 550 g/mol. The molecule has 0 atom stereocenters. The lowest BCUT2D eigenvalue weighted by molar-refractivity contribution is -0.118. The number of carbonyl (C=O) groups excluding carboxylic acids is 2. The molecule has 3 aromatic rings. The Balaban J connectivity index is 1.62. The number of halogens is 2. The highest BCUT2D eigenvalue weighted by Gasteiger charge is 2.11. The lowest BCUT2D eigenvalue weighted by Gasteiger charge is -2.11. The third kappa shape index (κ3) is 8.00. The van der Waals surface area contributed by atoms with Gasteiger partial charge in [0.1, 0.15) is 5.75 Å². The number of carbonyl (C=O) groups is 2. The van der Waals surface area contributed by atoms with Crippen LogP contribution in [-0.2, 0) is 4.79 Å². The monoisotopic (exact) mass is 573 g/mol. The molecule has 188 valence electrons. The van der Waals surface area contributed by atoms with Crippen LogP contribution < -0.4 is 25.0 Å². The summed E-state index contributed by atoms with van der Waals surface area (Å²) in [4.78, 5) is 24.8. The summed E-state index contributed by atoms with van der Waals surface area (Å²) >= 11 is 9.27. The van der Waals surface area contributed by atoms with E-state index < -0.39 is 5.91 Å². The van der Waals surface area contributed by atoms with E-state index in [2.05, 4.69) is 31.8 Å². The normalized spacial score (nSPS) is 10.7. The summed E-state index contributed by atoms with van der Waals surface area (Å²) in [6, 6.07) is 16.9. The molecule has 3 aromatic carbocycles. The molecule has 0 spiro atoms. The topological polar surface area (TPSA) is 98.3 Å². The largest absolute Gasteiger partial charge is 0.493 e. The predicted molar refractivity (Wildman–Crippen MR) is 144 cm³/mol. The Labute approximate surface area is 222 Å². The number of nitrogens with one attached hydrogen (secondary N) is 2. The fourth-order valence-corrected chi connectivity index (χ4v) is 3.50. The van der Waals surface area contributed by atoms with E-state index in [-0.39, 0.29) is 12.5 Å². The fraction of sp³-hybridized carbons (Fsp3) is 0.192. The number of hydrogen-bond acceptors (Lipinski definition) is 6. The van der Waals surface area contributed by atoms with Gasteiger partial charge in [0.2, 0.25) is 0 Å². The molecule has 10 heteroatoms. The predicted octanol–water partition coefficient (Wildman–Crippen LogP) is 5.68. The lowest BCUT2D eigenvalue weighted by atomic mass is 10.2. The van der Waals surface area contributed by atoms with Gasteiger partial charge in [0.25, 0.3) is 11.8 Å². The second kappa shape index (κ2) is 13.5. The van der Waals surface area contributed by atoms with Crippen LogP contribution >= 0.6 is 27.5 Å². The van der Waals surface area contributed by atoms with Gasteiger partial charge in [0.05, 0.1) is 19.9 Å². The van der Waals surface area contributed by atoms with Gasteiger partial charge < -0.3 is 19.5 Å². The summed E-state index contributed by atoms with van der Waals surface area (Å²) in [6.07, 6.45) is 2.29. The van der Waals surface area contributed by atoms with Crippen molar-refractivity contribution in [3.63, 3.8) is 0 Å². The average molecular weight is 575 g/mol. The molecule has 0 heterocycles. The molecule has 0 saturated heterocycles. The molecule has 0 bridgehead atoms. The molecule has 36 heavy (non-hydrogen) atoms. The van der Waals surface area contributed by atoms with E-state index in [0.29, 0.717) is 45.7 Å². The van der Waals surface area contributed by atoms with Gasteiger partial charge in [-0.25, -0.2) is 5.43 Å². The average Bonchev–Trinajstić information content (AvgIpc) is 2.88. The Hall–Kier alpha value is -3.56. The van der Waals surface area contributed by atoms with E-state index in [1.807, 2.05) is 6.92 Å². The molecule has 0 aliphatic heterocycles. The second-order valence-electron chi connectivity index (χ2n) is 7.44. The Kier molecular flexibility index (Phi) is 10.1. The molecule has 3 rings (SSSR count). The van der Waals surface area contributed by atoms with Crippen molar-refractivity contribution >= 4 is 51.2 Å². The SMILES string of the molecule is CCCOc1ccc(C(=O)N/N=C/c2cc(Br)ccc2OCC(=O)Nc2ccc(Cl)cc2)cc1OC. The van der Waals surface area contributed by atoms with Gasteiger partial charge in [-0.15, -0.1) is 0 Å². The number of ether oxygens (including phenoxy) is 3. The number of hydrogen-bond donors (Lipinski definition) is 2.